The van der Waals surface area contributed by atoms with Gasteiger partial charge in [0.1, 0.15) is 6.54 Å². The van der Waals surface area contributed by atoms with E-state index in [2.05, 4.69) is 20.0 Å². The summed E-state index contributed by atoms with van der Waals surface area (Å²) in [7, 11) is 1.47. The first-order valence-corrected chi connectivity index (χ1v) is 12.1. The second-order valence-electron chi connectivity index (χ2n) is 9.27. The number of amides is 1. The van der Waals surface area contributed by atoms with Gasteiger partial charge in [0.15, 0.2) is 0 Å². The van der Waals surface area contributed by atoms with E-state index >= 15 is 0 Å². The number of nitrogens with zero attached hydrogens (tertiary/aromatic N) is 7. The number of methoxy groups -OCH3 is 1. The monoisotopic (exact) mass is 515 g/mol. The molecule has 0 saturated carbocycles. The average molecular weight is 516 g/mol. The molecule has 0 N–H and O–H groups in total. The highest BCUT2D eigenvalue weighted by atomic mass is 19.4. The van der Waals surface area contributed by atoms with Crippen molar-refractivity contribution in [1.82, 2.24) is 24.6 Å². The SMILES string of the molecule is COc1ncc(N2CCc3c(C(F)(F)F)ccc(N4CCN(C(=O)Cn5cccn5)[C@H](C)C4)c3C2)cn1. The molecule has 2 aliphatic heterocycles. The van der Waals surface area contributed by atoms with Crippen LogP contribution in [-0.4, -0.2) is 69.9 Å². The van der Waals surface area contributed by atoms with Crippen LogP contribution in [0.1, 0.15) is 23.6 Å². The minimum Gasteiger partial charge on any atom is -0.467 e. The summed E-state index contributed by atoms with van der Waals surface area (Å²) in [6, 6.07) is 4.66. The fraction of sp³-hybridized carbons (Fsp3) is 0.440. The Balaban J connectivity index is 1.40. The van der Waals surface area contributed by atoms with Crippen LogP contribution in [0.15, 0.2) is 43.0 Å². The van der Waals surface area contributed by atoms with Crippen LogP contribution < -0.4 is 14.5 Å². The lowest BCUT2D eigenvalue weighted by Gasteiger charge is -2.43. The maximum absolute atomic E-state index is 13.9. The summed E-state index contributed by atoms with van der Waals surface area (Å²) in [6.07, 6.45) is 2.43. The van der Waals surface area contributed by atoms with Crippen molar-refractivity contribution in [2.24, 2.45) is 0 Å². The zero-order valence-electron chi connectivity index (χ0n) is 20.6. The third-order valence-electron chi connectivity index (χ3n) is 7.00. The summed E-state index contributed by atoms with van der Waals surface area (Å²) >= 11 is 0. The van der Waals surface area contributed by atoms with Crippen LogP contribution in [0.4, 0.5) is 24.5 Å². The van der Waals surface area contributed by atoms with Gasteiger partial charge in [0, 0.05) is 56.8 Å². The molecule has 196 valence electrons. The van der Waals surface area contributed by atoms with Gasteiger partial charge in [-0.2, -0.15) is 18.3 Å². The molecule has 0 unspecified atom stereocenters. The van der Waals surface area contributed by atoms with Crippen molar-refractivity contribution in [2.75, 3.05) is 43.1 Å². The number of aromatic nitrogens is 4. The zero-order valence-corrected chi connectivity index (χ0v) is 20.6. The van der Waals surface area contributed by atoms with Gasteiger partial charge in [0.2, 0.25) is 5.91 Å². The Morgan fingerprint density at radius 1 is 1.11 bits per heavy atom. The van der Waals surface area contributed by atoms with Gasteiger partial charge in [-0.15, -0.1) is 0 Å². The third-order valence-corrected chi connectivity index (χ3v) is 7.00. The van der Waals surface area contributed by atoms with Crippen LogP contribution in [0.5, 0.6) is 6.01 Å². The Kier molecular flexibility index (Phi) is 6.65. The number of carbonyl (C=O) groups excluding carboxylic acids is 1. The van der Waals surface area contributed by atoms with Gasteiger partial charge >= 0.3 is 12.2 Å². The molecule has 1 fully saturated rings. The number of hydrogen-bond donors (Lipinski definition) is 0. The van der Waals surface area contributed by atoms with Crippen molar-refractivity contribution in [3.8, 4) is 6.01 Å². The Bertz CT molecular complexity index is 1250. The van der Waals surface area contributed by atoms with Crippen molar-refractivity contribution in [3.63, 3.8) is 0 Å². The lowest BCUT2D eigenvalue weighted by atomic mass is 9.91. The largest absolute Gasteiger partial charge is 0.467 e. The highest BCUT2D eigenvalue weighted by Crippen LogP contribution is 2.40. The van der Waals surface area contributed by atoms with Crippen molar-refractivity contribution < 1.29 is 22.7 Å². The Morgan fingerprint density at radius 3 is 2.54 bits per heavy atom. The number of halogens is 3. The summed E-state index contributed by atoms with van der Waals surface area (Å²) in [5.74, 6) is -0.0315. The molecule has 12 heteroatoms. The molecule has 1 saturated heterocycles. The van der Waals surface area contributed by atoms with Crippen molar-refractivity contribution in [1.29, 1.82) is 0 Å². The first-order valence-electron chi connectivity index (χ1n) is 12.1. The second-order valence-corrected chi connectivity index (χ2v) is 9.27. The average Bonchev–Trinajstić information content (AvgIpc) is 3.40. The van der Waals surface area contributed by atoms with Gasteiger partial charge in [-0.1, -0.05) is 0 Å². The summed E-state index contributed by atoms with van der Waals surface area (Å²) in [5, 5.41) is 4.10. The number of hydrogen-bond acceptors (Lipinski definition) is 7. The van der Waals surface area contributed by atoms with E-state index in [1.54, 1.807) is 41.6 Å². The lowest BCUT2D eigenvalue weighted by molar-refractivity contribution is -0.138. The molecule has 0 bridgehead atoms. The Morgan fingerprint density at radius 2 is 1.89 bits per heavy atom. The number of piperazine rings is 1. The third kappa shape index (κ3) is 5.05. The number of rotatable bonds is 5. The number of fused-ring (bicyclic) bond motifs is 1. The van der Waals surface area contributed by atoms with Crippen molar-refractivity contribution in [3.05, 3.63) is 59.7 Å². The molecule has 1 amide bonds. The fourth-order valence-electron chi connectivity index (χ4n) is 5.19. The van der Waals surface area contributed by atoms with Gasteiger partial charge in [-0.3, -0.25) is 9.48 Å². The van der Waals surface area contributed by atoms with E-state index in [9.17, 15) is 18.0 Å². The number of alkyl halides is 3. The highest BCUT2D eigenvalue weighted by molar-refractivity contribution is 5.77. The van der Waals surface area contributed by atoms with Crippen molar-refractivity contribution in [2.45, 2.75) is 38.7 Å². The molecule has 4 heterocycles. The Labute approximate surface area is 212 Å². The van der Waals surface area contributed by atoms with Gasteiger partial charge in [0.25, 0.3) is 0 Å². The van der Waals surface area contributed by atoms with E-state index in [0.29, 0.717) is 43.9 Å². The van der Waals surface area contributed by atoms with E-state index in [4.69, 9.17) is 4.74 Å². The minimum atomic E-state index is -4.43. The predicted octanol–water partition coefficient (Wildman–Crippen LogP) is 3.00. The maximum atomic E-state index is 13.9. The second kappa shape index (κ2) is 9.91. The smallest absolute Gasteiger partial charge is 0.416 e. The van der Waals surface area contributed by atoms with Gasteiger partial charge in [0.05, 0.1) is 30.8 Å². The number of anilines is 2. The standard InChI is InChI=1S/C25H28F3N7O2/c1-17-14-33(10-11-35(17)23(36)16-34-8-3-7-31-34)22-5-4-21(25(26,27)28)19-6-9-32(15-20(19)22)18-12-29-24(37-2)30-13-18/h3-5,7-8,12-13,17H,6,9-11,14-16H2,1-2H3/t17-/m1/s1. The van der Waals surface area contributed by atoms with Crippen LogP contribution >= 0.6 is 0 Å². The van der Waals surface area contributed by atoms with E-state index < -0.39 is 11.7 Å². The van der Waals surface area contributed by atoms with Gasteiger partial charge in [-0.05, 0) is 42.7 Å². The maximum Gasteiger partial charge on any atom is 0.416 e. The first kappa shape index (κ1) is 24.8. The van der Waals surface area contributed by atoms with Crippen LogP contribution in [0.25, 0.3) is 0 Å². The summed E-state index contributed by atoms with van der Waals surface area (Å²) in [6.45, 7) is 4.37. The molecule has 9 nitrogen and oxygen atoms in total. The normalized spacial score (nSPS) is 18.1. The molecule has 5 rings (SSSR count). The topological polar surface area (TPSA) is 79.6 Å². The molecule has 0 aliphatic carbocycles. The fourth-order valence-corrected chi connectivity index (χ4v) is 5.19. The molecular weight excluding hydrogens is 487 g/mol. The molecule has 3 aromatic rings. The highest BCUT2D eigenvalue weighted by Gasteiger charge is 2.38. The number of carbonyl (C=O) groups is 1. The van der Waals surface area contributed by atoms with E-state index in [0.717, 1.165) is 11.4 Å². The van der Waals surface area contributed by atoms with Crippen LogP contribution in [0.2, 0.25) is 0 Å². The molecule has 2 aromatic heterocycles. The lowest BCUT2D eigenvalue weighted by Crippen LogP contribution is -2.55. The van der Waals surface area contributed by atoms with E-state index in [1.807, 2.05) is 16.7 Å². The van der Waals surface area contributed by atoms with Crippen LogP contribution in [0, 0.1) is 0 Å². The van der Waals surface area contributed by atoms with Crippen molar-refractivity contribution >= 4 is 17.3 Å². The molecule has 1 atom stereocenters. The Hall–Kier alpha value is -3.83. The predicted molar refractivity (Wildman–Crippen MR) is 130 cm³/mol. The quantitative estimate of drug-likeness (QED) is 0.517. The zero-order chi connectivity index (χ0) is 26.2. The van der Waals surface area contributed by atoms with Crippen LogP contribution in [0.3, 0.4) is 0 Å². The molecule has 1 aromatic carbocycles. The molecule has 0 radical (unpaired) electrons. The number of benzene rings is 1. The van der Waals surface area contributed by atoms with Gasteiger partial charge < -0.3 is 19.4 Å². The summed E-state index contributed by atoms with van der Waals surface area (Å²) in [5.41, 5.74) is 1.89. The van der Waals surface area contributed by atoms with E-state index in [1.165, 1.54) is 13.2 Å². The van der Waals surface area contributed by atoms with Crippen LogP contribution in [-0.2, 0) is 30.5 Å². The summed E-state index contributed by atoms with van der Waals surface area (Å²) < 4.78 is 48.3. The molecule has 2 aliphatic rings. The number of ether oxygens (including phenoxy) is 1. The van der Waals surface area contributed by atoms with Gasteiger partial charge in [-0.25, -0.2) is 9.97 Å². The first-order chi connectivity index (χ1) is 17.7. The molecular formula is C25H28F3N7O2. The van der Waals surface area contributed by atoms with E-state index in [-0.39, 0.29) is 30.9 Å². The molecule has 0 spiro atoms. The summed E-state index contributed by atoms with van der Waals surface area (Å²) in [4.78, 5) is 27.0. The molecule has 37 heavy (non-hydrogen) atoms. The minimum absolute atomic E-state index is 0.0315.